The summed E-state index contributed by atoms with van der Waals surface area (Å²) in [5.41, 5.74) is 6.69. The lowest BCUT2D eigenvalue weighted by Gasteiger charge is -2.20. The minimum atomic E-state index is -3.56. The maximum absolute atomic E-state index is 12.4. The number of sulfonamides is 1. The molecule has 0 fully saturated rings. The standard InChI is InChI=1S/C13H14N2O2S/c1-15(13-10-6-5-9-12(13)14)18(16,17)11-7-3-2-4-8-11/h2-10H,14H2,1H3. The second-order valence-corrected chi connectivity index (χ2v) is 5.81. The molecule has 94 valence electrons. The highest BCUT2D eigenvalue weighted by Gasteiger charge is 2.21. The highest BCUT2D eigenvalue weighted by atomic mass is 32.2. The molecule has 0 saturated heterocycles. The molecule has 5 heteroatoms. The van der Waals surface area contributed by atoms with Crippen LogP contribution >= 0.6 is 0 Å². The molecular weight excluding hydrogens is 248 g/mol. The van der Waals surface area contributed by atoms with Gasteiger partial charge in [-0.1, -0.05) is 30.3 Å². The first kappa shape index (κ1) is 12.4. The van der Waals surface area contributed by atoms with Crippen molar-refractivity contribution in [3.8, 4) is 0 Å². The Kier molecular flexibility index (Phi) is 3.25. The lowest BCUT2D eigenvalue weighted by atomic mass is 10.3. The number of benzene rings is 2. The largest absolute Gasteiger partial charge is 0.397 e. The Bertz CT molecular complexity index is 639. The Labute approximate surface area is 107 Å². The average Bonchev–Trinajstić information content (AvgIpc) is 2.39. The molecule has 0 heterocycles. The molecule has 2 rings (SSSR count). The van der Waals surface area contributed by atoms with Gasteiger partial charge in [0, 0.05) is 7.05 Å². The van der Waals surface area contributed by atoms with Gasteiger partial charge in [0.05, 0.1) is 16.3 Å². The Morgan fingerprint density at radius 3 is 2.11 bits per heavy atom. The summed E-state index contributed by atoms with van der Waals surface area (Å²) in [5.74, 6) is 0. The lowest BCUT2D eigenvalue weighted by molar-refractivity contribution is 0.594. The number of hydrogen-bond donors (Lipinski definition) is 1. The maximum Gasteiger partial charge on any atom is 0.264 e. The first-order valence-electron chi connectivity index (χ1n) is 5.42. The average molecular weight is 262 g/mol. The third-order valence-corrected chi connectivity index (χ3v) is 4.46. The van der Waals surface area contributed by atoms with Crippen molar-refractivity contribution in [3.63, 3.8) is 0 Å². The van der Waals surface area contributed by atoms with Crippen molar-refractivity contribution in [3.05, 3.63) is 54.6 Å². The van der Waals surface area contributed by atoms with Crippen molar-refractivity contribution in [1.29, 1.82) is 0 Å². The van der Waals surface area contributed by atoms with Gasteiger partial charge in [-0.15, -0.1) is 0 Å². The predicted molar refractivity (Wildman–Crippen MR) is 72.9 cm³/mol. The molecule has 0 aliphatic heterocycles. The minimum Gasteiger partial charge on any atom is -0.397 e. The van der Waals surface area contributed by atoms with E-state index >= 15 is 0 Å². The van der Waals surface area contributed by atoms with E-state index < -0.39 is 10.0 Å². The number of para-hydroxylation sites is 2. The Balaban J connectivity index is 2.47. The molecule has 0 spiro atoms. The highest BCUT2D eigenvalue weighted by molar-refractivity contribution is 7.92. The fourth-order valence-electron chi connectivity index (χ4n) is 1.65. The van der Waals surface area contributed by atoms with Crippen LogP contribution in [0, 0.1) is 0 Å². The van der Waals surface area contributed by atoms with Gasteiger partial charge in [0.2, 0.25) is 0 Å². The molecule has 4 nitrogen and oxygen atoms in total. The molecule has 0 radical (unpaired) electrons. The normalized spacial score (nSPS) is 11.2. The molecule has 0 aliphatic rings. The number of hydrogen-bond acceptors (Lipinski definition) is 3. The van der Waals surface area contributed by atoms with E-state index in [0.717, 1.165) is 0 Å². The molecule has 0 saturated carbocycles. The van der Waals surface area contributed by atoms with Gasteiger partial charge in [-0.05, 0) is 24.3 Å². The molecule has 0 aromatic heterocycles. The van der Waals surface area contributed by atoms with Gasteiger partial charge >= 0.3 is 0 Å². The van der Waals surface area contributed by atoms with Crippen LogP contribution in [0.5, 0.6) is 0 Å². The van der Waals surface area contributed by atoms with Gasteiger partial charge in [0.1, 0.15) is 0 Å². The van der Waals surface area contributed by atoms with Gasteiger partial charge in [-0.25, -0.2) is 8.42 Å². The fraction of sp³-hybridized carbons (Fsp3) is 0.0769. The van der Waals surface area contributed by atoms with Crippen molar-refractivity contribution < 1.29 is 8.42 Å². The highest BCUT2D eigenvalue weighted by Crippen LogP contribution is 2.26. The number of nitrogens with two attached hydrogens (primary N) is 1. The molecule has 0 atom stereocenters. The van der Waals surface area contributed by atoms with E-state index in [1.165, 1.54) is 11.4 Å². The zero-order valence-electron chi connectivity index (χ0n) is 9.95. The topological polar surface area (TPSA) is 63.4 Å². The summed E-state index contributed by atoms with van der Waals surface area (Å²) in [4.78, 5) is 0.246. The van der Waals surface area contributed by atoms with Crippen LogP contribution in [0.25, 0.3) is 0 Å². The van der Waals surface area contributed by atoms with Crippen molar-refractivity contribution in [2.45, 2.75) is 4.90 Å². The molecule has 0 amide bonds. The third-order valence-electron chi connectivity index (χ3n) is 2.68. The quantitative estimate of drug-likeness (QED) is 0.861. The van der Waals surface area contributed by atoms with Crippen LogP contribution < -0.4 is 10.0 Å². The zero-order chi connectivity index (χ0) is 13.2. The van der Waals surface area contributed by atoms with E-state index in [-0.39, 0.29) is 4.90 Å². The van der Waals surface area contributed by atoms with Crippen LogP contribution in [0.1, 0.15) is 0 Å². The van der Waals surface area contributed by atoms with E-state index in [1.54, 1.807) is 54.6 Å². The van der Waals surface area contributed by atoms with Crippen molar-refractivity contribution in [2.75, 3.05) is 17.1 Å². The van der Waals surface area contributed by atoms with Gasteiger partial charge in [-0.2, -0.15) is 0 Å². The monoisotopic (exact) mass is 262 g/mol. The van der Waals surface area contributed by atoms with Crippen molar-refractivity contribution >= 4 is 21.4 Å². The molecule has 2 aromatic carbocycles. The van der Waals surface area contributed by atoms with Crippen LogP contribution in [-0.2, 0) is 10.0 Å². The summed E-state index contributed by atoms with van der Waals surface area (Å²) in [6.07, 6.45) is 0. The first-order valence-corrected chi connectivity index (χ1v) is 6.86. The number of nitrogen functional groups attached to an aromatic ring is 1. The van der Waals surface area contributed by atoms with Crippen LogP contribution in [0.2, 0.25) is 0 Å². The van der Waals surface area contributed by atoms with E-state index in [9.17, 15) is 8.42 Å². The summed E-state index contributed by atoms with van der Waals surface area (Å²) in [6, 6.07) is 15.1. The third kappa shape index (κ3) is 2.17. The predicted octanol–water partition coefficient (Wildman–Crippen LogP) is 2.09. The second-order valence-electron chi connectivity index (χ2n) is 3.84. The molecular formula is C13H14N2O2S. The van der Waals surface area contributed by atoms with Gasteiger partial charge in [-0.3, -0.25) is 4.31 Å². The van der Waals surface area contributed by atoms with Gasteiger partial charge in [0.25, 0.3) is 10.0 Å². The fourth-order valence-corrected chi connectivity index (χ4v) is 2.90. The molecule has 0 aliphatic carbocycles. The van der Waals surface area contributed by atoms with E-state index in [0.29, 0.717) is 11.4 Å². The summed E-state index contributed by atoms with van der Waals surface area (Å²) in [7, 11) is -2.07. The molecule has 2 aromatic rings. The summed E-state index contributed by atoms with van der Waals surface area (Å²) in [5, 5.41) is 0. The molecule has 0 unspecified atom stereocenters. The molecule has 18 heavy (non-hydrogen) atoms. The van der Waals surface area contributed by atoms with E-state index in [4.69, 9.17) is 5.73 Å². The molecule has 2 N–H and O–H groups in total. The van der Waals surface area contributed by atoms with Crippen LogP contribution in [0.3, 0.4) is 0 Å². The van der Waals surface area contributed by atoms with Gasteiger partial charge in [0.15, 0.2) is 0 Å². The zero-order valence-corrected chi connectivity index (χ0v) is 10.8. The van der Waals surface area contributed by atoms with Crippen LogP contribution in [-0.4, -0.2) is 15.5 Å². The summed E-state index contributed by atoms with van der Waals surface area (Å²) >= 11 is 0. The van der Waals surface area contributed by atoms with E-state index in [2.05, 4.69) is 0 Å². The molecule has 0 bridgehead atoms. The second kappa shape index (κ2) is 4.70. The van der Waals surface area contributed by atoms with Crippen LogP contribution in [0.4, 0.5) is 11.4 Å². The number of rotatable bonds is 3. The summed E-state index contributed by atoms with van der Waals surface area (Å²) in [6.45, 7) is 0. The minimum absolute atomic E-state index is 0.246. The van der Waals surface area contributed by atoms with Crippen molar-refractivity contribution in [1.82, 2.24) is 0 Å². The SMILES string of the molecule is CN(c1ccccc1N)S(=O)(=O)c1ccccc1. The lowest BCUT2D eigenvalue weighted by Crippen LogP contribution is -2.27. The Morgan fingerprint density at radius 1 is 0.944 bits per heavy atom. The number of anilines is 2. The van der Waals surface area contributed by atoms with E-state index in [1.807, 2.05) is 0 Å². The van der Waals surface area contributed by atoms with Crippen LogP contribution in [0.15, 0.2) is 59.5 Å². The summed E-state index contributed by atoms with van der Waals surface area (Å²) < 4.78 is 25.9. The smallest absolute Gasteiger partial charge is 0.264 e. The first-order chi connectivity index (χ1) is 8.53. The maximum atomic E-state index is 12.4. The number of nitrogens with zero attached hydrogens (tertiary/aromatic N) is 1. The Hall–Kier alpha value is -2.01. The van der Waals surface area contributed by atoms with Gasteiger partial charge < -0.3 is 5.73 Å². The Morgan fingerprint density at radius 2 is 1.50 bits per heavy atom. The van der Waals surface area contributed by atoms with Crippen molar-refractivity contribution in [2.24, 2.45) is 0 Å².